The molecule has 1 aromatic carbocycles. The normalized spacial score (nSPS) is 17.0. The molecule has 1 aromatic rings. The monoisotopic (exact) mass is 435 g/mol. The van der Waals surface area contributed by atoms with E-state index in [4.69, 9.17) is 4.74 Å². The Hall–Kier alpha value is -2.06. The lowest BCUT2D eigenvalue weighted by Crippen LogP contribution is -2.42. The second-order valence-electron chi connectivity index (χ2n) is 7.28. The number of hydrogen-bond acceptors (Lipinski definition) is 5. The van der Waals surface area contributed by atoms with Crippen LogP contribution in [0.15, 0.2) is 30.3 Å². The Morgan fingerprint density at radius 2 is 1.87 bits per heavy atom. The van der Waals surface area contributed by atoms with E-state index >= 15 is 0 Å². The van der Waals surface area contributed by atoms with Crippen molar-refractivity contribution in [2.45, 2.75) is 26.4 Å². The van der Waals surface area contributed by atoms with E-state index < -0.39 is 6.10 Å². The molecule has 0 aliphatic carbocycles. The highest BCUT2D eigenvalue weighted by Crippen LogP contribution is 2.12. The Kier molecular flexibility index (Phi) is 10.2. The third-order valence-corrected chi connectivity index (χ3v) is 5.75. The summed E-state index contributed by atoms with van der Waals surface area (Å²) in [6.07, 6.45) is 2.20. The van der Waals surface area contributed by atoms with Crippen molar-refractivity contribution >= 4 is 29.5 Å². The van der Waals surface area contributed by atoms with Gasteiger partial charge in [0.15, 0.2) is 0 Å². The van der Waals surface area contributed by atoms with Crippen molar-refractivity contribution < 1.29 is 19.1 Å². The molecule has 30 heavy (non-hydrogen) atoms. The van der Waals surface area contributed by atoms with Gasteiger partial charge < -0.3 is 19.4 Å². The fraction of sp³-hybridized carbons (Fsp3) is 0.591. The Bertz CT molecular complexity index is 697. The summed E-state index contributed by atoms with van der Waals surface area (Å²) in [5.41, 5.74) is 1.15. The van der Waals surface area contributed by atoms with Gasteiger partial charge in [0, 0.05) is 32.7 Å². The number of benzene rings is 1. The lowest BCUT2D eigenvalue weighted by atomic mass is 10.1. The van der Waals surface area contributed by atoms with E-state index in [1.807, 2.05) is 50.4 Å². The van der Waals surface area contributed by atoms with Crippen LogP contribution in [0.25, 0.3) is 0 Å². The molecule has 0 spiro atoms. The maximum absolute atomic E-state index is 12.8. The smallest absolute Gasteiger partial charge is 0.248 e. The minimum absolute atomic E-state index is 0.0440. The highest BCUT2D eigenvalue weighted by atomic mass is 32.2. The van der Waals surface area contributed by atoms with Gasteiger partial charge in [-0.1, -0.05) is 30.3 Å². The number of carbonyl (C=O) groups excluding carboxylic acids is 3. The predicted octanol–water partition coefficient (Wildman–Crippen LogP) is 1.52. The lowest BCUT2D eigenvalue weighted by Gasteiger charge is -2.26. The van der Waals surface area contributed by atoms with Gasteiger partial charge in [0.2, 0.25) is 17.7 Å². The van der Waals surface area contributed by atoms with Gasteiger partial charge in [0.05, 0.1) is 18.4 Å². The van der Waals surface area contributed by atoms with Crippen molar-refractivity contribution in [2.75, 3.05) is 57.9 Å². The van der Waals surface area contributed by atoms with Crippen LogP contribution in [0.2, 0.25) is 0 Å². The summed E-state index contributed by atoms with van der Waals surface area (Å²) < 4.78 is 5.91. The van der Waals surface area contributed by atoms with Crippen molar-refractivity contribution in [1.82, 2.24) is 14.7 Å². The molecule has 1 fully saturated rings. The van der Waals surface area contributed by atoms with Crippen LogP contribution in [0.3, 0.4) is 0 Å². The summed E-state index contributed by atoms with van der Waals surface area (Å²) in [5.74, 6) is 0.0851. The molecule has 2 rings (SSSR count). The number of amides is 3. The van der Waals surface area contributed by atoms with E-state index in [1.54, 1.807) is 14.7 Å². The summed E-state index contributed by atoms with van der Waals surface area (Å²) in [6.45, 7) is 6.37. The molecule has 1 aliphatic rings. The van der Waals surface area contributed by atoms with Gasteiger partial charge in [-0.2, -0.15) is 11.8 Å². The average molecular weight is 436 g/mol. The zero-order chi connectivity index (χ0) is 21.9. The van der Waals surface area contributed by atoms with E-state index in [1.165, 1.54) is 11.8 Å². The Morgan fingerprint density at radius 3 is 2.50 bits per heavy atom. The van der Waals surface area contributed by atoms with Crippen LogP contribution < -0.4 is 0 Å². The van der Waals surface area contributed by atoms with E-state index in [0.717, 1.165) is 12.0 Å². The van der Waals surface area contributed by atoms with Crippen LogP contribution in [0.4, 0.5) is 0 Å². The number of hydrogen-bond donors (Lipinski definition) is 0. The fourth-order valence-corrected chi connectivity index (χ4v) is 3.90. The molecule has 1 saturated heterocycles. The van der Waals surface area contributed by atoms with Crippen LogP contribution in [0, 0.1) is 0 Å². The minimum atomic E-state index is -0.391. The molecule has 0 unspecified atom stereocenters. The molecule has 0 aromatic heterocycles. The molecule has 7 nitrogen and oxygen atoms in total. The molecule has 3 amide bonds. The van der Waals surface area contributed by atoms with E-state index in [9.17, 15) is 14.4 Å². The molecule has 0 saturated carbocycles. The molecular formula is C22H33N3O4S. The van der Waals surface area contributed by atoms with E-state index in [0.29, 0.717) is 38.5 Å². The van der Waals surface area contributed by atoms with Crippen LogP contribution in [0.5, 0.6) is 0 Å². The summed E-state index contributed by atoms with van der Waals surface area (Å²) in [6, 6.07) is 9.99. The molecule has 166 valence electrons. The zero-order valence-electron chi connectivity index (χ0n) is 18.2. The maximum Gasteiger partial charge on any atom is 0.248 e. The lowest BCUT2D eigenvalue weighted by molar-refractivity contribution is -0.139. The summed E-state index contributed by atoms with van der Waals surface area (Å²) in [7, 11) is 0. The maximum atomic E-state index is 12.8. The van der Waals surface area contributed by atoms with Crippen molar-refractivity contribution in [3.8, 4) is 0 Å². The first-order valence-electron chi connectivity index (χ1n) is 10.5. The Balaban J connectivity index is 2.06. The largest absolute Gasteiger partial charge is 0.365 e. The molecule has 0 bridgehead atoms. The quantitative estimate of drug-likeness (QED) is 0.557. The third-order valence-electron chi connectivity index (χ3n) is 5.22. The molecule has 0 radical (unpaired) electrons. The number of likely N-dealkylation sites (N-methyl/N-ethyl adjacent to an activating group) is 1. The third kappa shape index (κ3) is 7.32. The van der Waals surface area contributed by atoms with Crippen molar-refractivity contribution in [3.05, 3.63) is 35.9 Å². The van der Waals surface area contributed by atoms with Crippen molar-refractivity contribution in [2.24, 2.45) is 0 Å². The number of rotatable bonds is 10. The number of ether oxygens (including phenoxy) is 1. The van der Waals surface area contributed by atoms with Crippen LogP contribution >= 0.6 is 11.8 Å². The van der Waals surface area contributed by atoms with Gasteiger partial charge in [-0.25, -0.2) is 0 Å². The first-order valence-corrected chi connectivity index (χ1v) is 11.9. The van der Waals surface area contributed by atoms with Gasteiger partial charge in [0.1, 0.15) is 6.61 Å². The Morgan fingerprint density at radius 1 is 1.17 bits per heavy atom. The Labute approximate surface area is 183 Å². The summed E-state index contributed by atoms with van der Waals surface area (Å²) >= 11 is 1.43. The van der Waals surface area contributed by atoms with Gasteiger partial charge in [-0.3, -0.25) is 14.4 Å². The fourth-order valence-electron chi connectivity index (χ4n) is 3.47. The SMILES string of the molecule is CCN(CC)C(=O)CO[C@@H]1CN(CCc2ccccc2)C(=O)CN(C(=O)CSC)C1. The highest BCUT2D eigenvalue weighted by molar-refractivity contribution is 7.99. The molecule has 1 aliphatic heterocycles. The van der Waals surface area contributed by atoms with E-state index in [2.05, 4.69) is 0 Å². The number of carbonyl (C=O) groups is 3. The van der Waals surface area contributed by atoms with Crippen molar-refractivity contribution in [1.29, 1.82) is 0 Å². The highest BCUT2D eigenvalue weighted by Gasteiger charge is 2.31. The molecular weight excluding hydrogens is 402 g/mol. The van der Waals surface area contributed by atoms with Crippen LogP contribution in [-0.4, -0.2) is 96.4 Å². The second-order valence-corrected chi connectivity index (χ2v) is 8.15. The molecule has 1 atom stereocenters. The van der Waals surface area contributed by atoms with Gasteiger partial charge >= 0.3 is 0 Å². The minimum Gasteiger partial charge on any atom is -0.365 e. The summed E-state index contributed by atoms with van der Waals surface area (Å²) in [4.78, 5) is 42.7. The molecule has 0 N–H and O–H groups in total. The predicted molar refractivity (Wildman–Crippen MR) is 119 cm³/mol. The van der Waals surface area contributed by atoms with Crippen LogP contribution in [-0.2, 0) is 25.5 Å². The topological polar surface area (TPSA) is 70.2 Å². The zero-order valence-corrected chi connectivity index (χ0v) is 19.0. The van der Waals surface area contributed by atoms with Gasteiger partial charge in [0.25, 0.3) is 0 Å². The number of nitrogens with zero attached hydrogens (tertiary/aromatic N) is 3. The van der Waals surface area contributed by atoms with Crippen molar-refractivity contribution in [3.63, 3.8) is 0 Å². The van der Waals surface area contributed by atoms with Crippen LogP contribution in [0.1, 0.15) is 19.4 Å². The molecule has 1 heterocycles. The first kappa shape index (κ1) is 24.2. The number of thioether (sulfide) groups is 1. The second kappa shape index (κ2) is 12.6. The molecule has 8 heteroatoms. The summed E-state index contributed by atoms with van der Waals surface area (Å²) in [5, 5.41) is 0. The van der Waals surface area contributed by atoms with Gasteiger partial charge in [-0.15, -0.1) is 0 Å². The average Bonchev–Trinajstić information content (AvgIpc) is 2.91. The first-order chi connectivity index (χ1) is 14.5. The van der Waals surface area contributed by atoms with E-state index in [-0.39, 0.29) is 30.9 Å². The van der Waals surface area contributed by atoms with Gasteiger partial charge in [-0.05, 0) is 32.1 Å². The standard InChI is InChI=1S/C22H33N3O4S/c1-4-23(5-2)21(27)16-29-19-13-24(12-11-18-9-7-6-8-10-18)20(26)15-25(14-19)22(28)17-30-3/h6-10,19H,4-5,11-17H2,1-3H3/t19-/m1/s1.